The molecule has 0 bridgehead atoms. The Balaban J connectivity index is 0.00000102. The second-order valence-corrected chi connectivity index (χ2v) is 6.15. The molecule has 0 saturated carbocycles. The molecule has 0 aliphatic carbocycles. The molecule has 3 nitrogen and oxygen atoms in total. The minimum absolute atomic E-state index is 0.728. The molecule has 0 fully saturated rings. The van der Waals surface area contributed by atoms with Crippen molar-refractivity contribution < 1.29 is 0 Å². The highest BCUT2D eigenvalue weighted by Crippen LogP contribution is 2.25. The molecule has 0 atom stereocenters. The van der Waals surface area contributed by atoms with E-state index in [1.807, 2.05) is 36.1 Å². The van der Waals surface area contributed by atoms with Crippen LogP contribution in [0.1, 0.15) is 11.3 Å². The second-order valence-electron chi connectivity index (χ2n) is 6.15. The highest BCUT2D eigenvalue weighted by Gasteiger charge is 2.05. The summed E-state index contributed by atoms with van der Waals surface area (Å²) in [6.07, 6.45) is 3.93. The van der Waals surface area contributed by atoms with E-state index in [9.17, 15) is 0 Å². The maximum Gasteiger partial charge on any atom is 0.0923 e. The molecule has 2 aromatic carbocycles. The molecule has 0 aliphatic heterocycles. The van der Waals surface area contributed by atoms with Crippen molar-refractivity contribution in [1.29, 1.82) is 0 Å². The van der Waals surface area contributed by atoms with E-state index in [2.05, 4.69) is 78.8 Å². The van der Waals surface area contributed by atoms with Crippen LogP contribution in [0.2, 0.25) is 0 Å². The highest BCUT2D eigenvalue weighted by molar-refractivity contribution is 5.71. The third-order valence-corrected chi connectivity index (χ3v) is 4.22. The van der Waals surface area contributed by atoms with Crippen LogP contribution < -0.4 is 0 Å². The number of benzene rings is 2. The van der Waals surface area contributed by atoms with Crippen molar-refractivity contribution in [1.82, 2.24) is 14.8 Å². The number of hydrogen-bond donors (Lipinski definition) is 0. The zero-order valence-corrected chi connectivity index (χ0v) is 15.5. The van der Waals surface area contributed by atoms with E-state index in [1.165, 1.54) is 11.1 Å². The lowest BCUT2D eigenvalue weighted by Crippen LogP contribution is -2.01. The van der Waals surface area contributed by atoms with Crippen LogP contribution in [-0.2, 0) is 6.54 Å². The summed E-state index contributed by atoms with van der Waals surface area (Å²) in [5.74, 6) is 0. The Kier molecular flexibility index (Phi) is 5.95. The molecule has 134 valence electrons. The number of hydrogen-bond acceptors (Lipinski definition) is 2. The first kappa shape index (κ1) is 18.3. The minimum Gasteiger partial charge on any atom is -0.268 e. The molecule has 3 heteroatoms. The van der Waals surface area contributed by atoms with Gasteiger partial charge in [-0.2, -0.15) is 5.10 Å². The van der Waals surface area contributed by atoms with Crippen LogP contribution in [0, 0.1) is 6.92 Å². The molecule has 4 rings (SSSR count). The van der Waals surface area contributed by atoms with Crippen LogP contribution >= 0.6 is 0 Å². The lowest BCUT2D eigenvalue weighted by molar-refractivity contribution is 0.687. The Bertz CT molecular complexity index is 986. The van der Waals surface area contributed by atoms with Gasteiger partial charge in [0.2, 0.25) is 0 Å². The van der Waals surface area contributed by atoms with Gasteiger partial charge in [0, 0.05) is 23.7 Å². The molecule has 0 N–H and O–H groups in total. The third-order valence-electron chi connectivity index (χ3n) is 4.22. The van der Waals surface area contributed by atoms with Crippen LogP contribution in [0.4, 0.5) is 0 Å². The molecule has 0 saturated heterocycles. The van der Waals surface area contributed by atoms with Gasteiger partial charge >= 0.3 is 0 Å². The third kappa shape index (κ3) is 4.59. The fourth-order valence-electron chi connectivity index (χ4n) is 2.87. The first-order valence-electron chi connectivity index (χ1n) is 8.89. The van der Waals surface area contributed by atoms with Gasteiger partial charge in [0.1, 0.15) is 0 Å². The summed E-state index contributed by atoms with van der Waals surface area (Å²) in [4.78, 5) is 4.34. The highest BCUT2D eigenvalue weighted by atomic mass is 15.3. The van der Waals surface area contributed by atoms with Gasteiger partial charge in [-0.3, -0.25) is 9.67 Å². The molecule has 0 aliphatic rings. The summed E-state index contributed by atoms with van der Waals surface area (Å²) in [5, 5.41) is 4.72. The summed E-state index contributed by atoms with van der Waals surface area (Å²) in [6.45, 7) is 8.72. The Morgan fingerprint density at radius 3 is 2.30 bits per heavy atom. The Labute approximate surface area is 160 Å². The second kappa shape index (κ2) is 8.77. The number of aromatic nitrogens is 3. The largest absolute Gasteiger partial charge is 0.268 e. The van der Waals surface area contributed by atoms with Crippen molar-refractivity contribution >= 4 is 0 Å². The lowest BCUT2D eigenvalue weighted by atomic mass is 10.0. The lowest BCUT2D eigenvalue weighted by Gasteiger charge is -2.04. The van der Waals surface area contributed by atoms with Crippen LogP contribution in [-0.4, -0.2) is 14.8 Å². The number of pyridine rings is 1. The van der Waals surface area contributed by atoms with Crippen molar-refractivity contribution in [3.63, 3.8) is 0 Å². The van der Waals surface area contributed by atoms with Crippen molar-refractivity contribution in [2.24, 2.45) is 0 Å². The van der Waals surface area contributed by atoms with E-state index < -0.39 is 0 Å². The summed E-state index contributed by atoms with van der Waals surface area (Å²) in [7, 11) is 0. The first-order chi connectivity index (χ1) is 13.3. The van der Waals surface area contributed by atoms with Gasteiger partial charge in [0.15, 0.2) is 0 Å². The summed E-state index contributed by atoms with van der Waals surface area (Å²) in [6, 6.07) is 25.1. The van der Waals surface area contributed by atoms with E-state index in [0.29, 0.717) is 0 Å². The van der Waals surface area contributed by atoms with Crippen LogP contribution in [0.5, 0.6) is 0 Å². The van der Waals surface area contributed by atoms with Crippen LogP contribution in [0.3, 0.4) is 0 Å². The number of rotatable bonds is 4. The summed E-state index contributed by atoms with van der Waals surface area (Å²) >= 11 is 0. The molecule has 0 radical (unpaired) electrons. The summed E-state index contributed by atoms with van der Waals surface area (Å²) in [5.41, 5.74) is 6.71. The monoisotopic (exact) mass is 353 g/mol. The zero-order chi connectivity index (χ0) is 19.1. The van der Waals surface area contributed by atoms with Gasteiger partial charge in [-0.1, -0.05) is 54.6 Å². The minimum atomic E-state index is 0.728. The van der Waals surface area contributed by atoms with Gasteiger partial charge < -0.3 is 0 Å². The van der Waals surface area contributed by atoms with Gasteiger partial charge in [-0.25, -0.2) is 0 Å². The normalized spacial score (nSPS) is 10.1. The van der Waals surface area contributed by atoms with E-state index in [-0.39, 0.29) is 0 Å². The SMILES string of the molecule is C=C.Cc1ccc(Cn2ccc(-c3cccc(-c4ccccc4)c3)n2)cn1. The van der Waals surface area contributed by atoms with Crippen molar-refractivity contribution in [2.45, 2.75) is 13.5 Å². The molecule has 4 aromatic rings. The van der Waals surface area contributed by atoms with Gasteiger partial charge in [0.05, 0.1) is 12.2 Å². The predicted molar refractivity (Wildman–Crippen MR) is 112 cm³/mol. The molecule has 2 aromatic heterocycles. The van der Waals surface area contributed by atoms with Crippen molar-refractivity contribution in [3.05, 3.63) is 110 Å². The topological polar surface area (TPSA) is 30.7 Å². The van der Waals surface area contributed by atoms with Crippen molar-refractivity contribution in [2.75, 3.05) is 0 Å². The fourth-order valence-corrected chi connectivity index (χ4v) is 2.87. The quantitative estimate of drug-likeness (QED) is 0.436. The van der Waals surface area contributed by atoms with E-state index in [0.717, 1.165) is 29.1 Å². The van der Waals surface area contributed by atoms with Crippen molar-refractivity contribution in [3.8, 4) is 22.4 Å². The number of aryl methyl sites for hydroxylation is 1. The van der Waals surface area contributed by atoms with Gasteiger partial charge in [-0.15, -0.1) is 13.2 Å². The standard InChI is InChI=1S/C22H19N3.C2H4/c1-17-10-11-18(15-23-17)16-25-13-12-22(24-25)21-9-5-8-20(14-21)19-6-3-2-4-7-19;1-2/h2-15H,16H2,1H3;1-2H2. The van der Waals surface area contributed by atoms with Gasteiger partial charge in [0.25, 0.3) is 0 Å². The molecule has 0 amide bonds. The van der Waals surface area contributed by atoms with Crippen LogP contribution in [0.25, 0.3) is 22.4 Å². The Morgan fingerprint density at radius 1 is 0.815 bits per heavy atom. The summed E-state index contributed by atoms with van der Waals surface area (Å²) < 4.78 is 1.96. The average molecular weight is 353 g/mol. The Hall–Kier alpha value is -3.46. The van der Waals surface area contributed by atoms with E-state index in [1.54, 1.807) is 0 Å². The fraction of sp³-hybridized carbons (Fsp3) is 0.0833. The van der Waals surface area contributed by atoms with E-state index in [4.69, 9.17) is 5.10 Å². The first-order valence-corrected chi connectivity index (χ1v) is 8.89. The van der Waals surface area contributed by atoms with E-state index >= 15 is 0 Å². The maximum absolute atomic E-state index is 4.72. The maximum atomic E-state index is 4.72. The molecule has 2 heterocycles. The average Bonchev–Trinajstić information content (AvgIpc) is 3.21. The molecular weight excluding hydrogens is 330 g/mol. The Morgan fingerprint density at radius 2 is 1.56 bits per heavy atom. The molecule has 0 spiro atoms. The number of nitrogens with zero attached hydrogens (tertiary/aromatic N) is 3. The predicted octanol–water partition coefficient (Wildman–Crippen LogP) is 5.77. The van der Waals surface area contributed by atoms with Crippen LogP contribution in [0.15, 0.2) is 98.3 Å². The molecule has 27 heavy (non-hydrogen) atoms. The molecular formula is C24H23N3. The smallest absolute Gasteiger partial charge is 0.0923 e. The molecule has 0 unspecified atom stereocenters. The zero-order valence-electron chi connectivity index (χ0n) is 15.5. The van der Waals surface area contributed by atoms with Gasteiger partial charge in [-0.05, 0) is 41.8 Å².